The standard InChI is InChI=1S/C23H16N2O4/c26-23(20-9-3-4-10-21(20)25(27)28)24-17-12-14-18(15-13-17)29-22-11-5-7-16-6-1-2-8-19(16)22/h1-15H,(H,24,26). The average Bonchev–Trinajstić information content (AvgIpc) is 2.75. The molecule has 0 bridgehead atoms. The Balaban J connectivity index is 1.51. The molecule has 0 saturated carbocycles. The number of ether oxygens (including phenoxy) is 1. The van der Waals surface area contributed by atoms with E-state index in [0.29, 0.717) is 11.4 Å². The molecule has 0 aliphatic heterocycles. The Hall–Kier alpha value is -4.19. The monoisotopic (exact) mass is 384 g/mol. The van der Waals surface area contributed by atoms with Gasteiger partial charge < -0.3 is 10.1 Å². The summed E-state index contributed by atoms with van der Waals surface area (Å²) in [6.07, 6.45) is 0. The number of nitrogens with zero attached hydrogens (tertiary/aromatic N) is 1. The fraction of sp³-hybridized carbons (Fsp3) is 0. The van der Waals surface area contributed by atoms with Crippen molar-refractivity contribution in [2.24, 2.45) is 0 Å². The highest BCUT2D eigenvalue weighted by atomic mass is 16.6. The van der Waals surface area contributed by atoms with Crippen LogP contribution in [0, 0.1) is 10.1 Å². The first-order chi connectivity index (χ1) is 14.1. The normalized spacial score (nSPS) is 10.5. The molecule has 0 spiro atoms. The Morgan fingerprint density at radius 3 is 2.31 bits per heavy atom. The number of amides is 1. The summed E-state index contributed by atoms with van der Waals surface area (Å²) in [6, 6.07) is 26.5. The second-order valence-corrected chi connectivity index (χ2v) is 6.33. The highest BCUT2D eigenvalue weighted by Crippen LogP contribution is 2.30. The van der Waals surface area contributed by atoms with E-state index in [0.717, 1.165) is 16.5 Å². The largest absolute Gasteiger partial charge is 0.457 e. The molecule has 0 heterocycles. The first-order valence-corrected chi connectivity index (χ1v) is 8.92. The number of carbonyl (C=O) groups is 1. The van der Waals surface area contributed by atoms with Crippen molar-refractivity contribution in [2.45, 2.75) is 0 Å². The van der Waals surface area contributed by atoms with Crippen LogP contribution in [0.25, 0.3) is 10.8 Å². The highest BCUT2D eigenvalue weighted by molar-refractivity contribution is 6.07. The zero-order valence-electron chi connectivity index (χ0n) is 15.2. The van der Waals surface area contributed by atoms with Crippen LogP contribution in [0.5, 0.6) is 11.5 Å². The summed E-state index contributed by atoms with van der Waals surface area (Å²) >= 11 is 0. The topological polar surface area (TPSA) is 81.5 Å². The quantitative estimate of drug-likeness (QED) is 0.349. The molecule has 0 aromatic heterocycles. The molecule has 6 nitrogen and oxygen atoms in total. The number of benzene rings is 4. The van der Waals surface area contributed by atoms with Gasteiger partial charge in [-0.1, -0.05) is 48.5 Å². The summed E-state index contributed by atoms with van der Waals surface area (Å²) in [5.41, 5.74) is 0.285. The molecule has 142 valence electrons. The second kappa shape index (κ2) is 7.82. The van der Waals surface area contributed by atoms with Crippen molar-refractivity contribution in [2.75, 3.05) is 5.32 Å². The molecule has 4 aromatic rings. The number of hydrogen-bond acceptors (Lipinski definition) is 4. The van der Waals surface area contributed by atoms with E-state index in [1.54, 1.807) is 30.3 Å². The minimum atomic E-state index is -0.573. The Kier molecular flexibility index (Phi) is 4.90. The zero-order valence-corrected chi connectivity index (χ0v) is 15.2. The van der Waals surface area contributed by atoms with E-state index in [1.807, 2.05) is 42.5 Å². The SMILES string of the molecule is O=C(Nc1ccc(Oc2cccc3ccccc23)cc1)c1ccccc1[N+](=O)[O-]. The van der Waals surface area contributed by atoms with E-state index in [-0.39, 0.29) is 11.3 Å². The van der Waals surface area contributed by atoms with Crippen LogP contribution in [0.2, 0.25) is 0 Å². The fourth-order valence-corrected chi connectivity index (χ4v) is 3.04. The van der Waals surface area contributed by atoms with E-state index in [9.17, 15) is 14.9 Å². The Labute approximate surface area is 166 Å². The third kappa shape index (κ3) is 3.91. The molecule has 0 unspecified atom stereocenters. The summed E-state index contributed by atoms with van der Waals surface area (Å²) in [7, 11) is 0. The van der Waals surface area contributed by atoms with Crippen molar-refractivity contribution in [1.29, 1.82) is 0 Å². The van der Waals surface area contributed by atoms with Crippen LogP contribution < -0.4 is 10.1 Å². The van der Waals surface area contributed by atoms with E-state index in [4.69, 9.17) is 4.74 Å². The number of anilines is 1. The number of hydrogen-bond donors (Lipinski definition) is 1. The molecule has 0 radical (unpaired) electrons. The van der Waals surface area contributed by atoms with Gasteiger partial charge in [0, 0.05) is 17.1 Å². The molecule has 0 fully saturated rings. The van der Waals surface area contributed by atoms with Gasteiger partial charge in [-0.25, -0.2) is 0 Å². The van der Waals surface area contributed by atoms with Crippen LogP contribution in [-0.4, -0.2) is 10.8 Å². The van der Waals surface area contributed by atoms with E-state index in [1.165, 1.54) is 18.2 Å². The number of para-hydroxylation sites is 1. The molecule has 6 heteroatoms. The summed E-state index contributed by atoms with van der Waals surface area (Å²) in [5.74, 6) is 0.810. The van der Waals surface area contributed by atoms with Crippen molar-refractivity contribution in [3.8, 4) is 11.5 Å². The van der Waals surface area contributed by atoms with Crippen LogP contribution in [0.4, 0.5) is 11.4 Å². The maximum absolute atomic E-state index is 12.4. The van der Waals surface area contributed by atoms with Crippen molar-refractivity contribution in [1.82, 2.24) is 0 Å². The molecular weight excluding hydrogens is 368 g/mol. The Morgan fingerprint density at radius 1 is 0.828 bits per heavy atom. The van der Waals surface area contributed by atoms with Gasteiger partial charge in [-0.2, -0.15) is 0 Å². The maximum atomic E-state index is 12.4. The second-order valence-electron chi connectivity index (χ2n) is 6.33. The molecular formula is C23H16N2O4. The van der Waals surface area contributed by atoms with Crippen LogP contribution in [0.3, 0.4) is 0 Å². The molecule has 4 aromatic carbocycles. The van der Waals surface area contributed by atoms with E-state index >= 15 is 0 Å². The molecule has 1 N–H and O–H groups in total. The third-order valence-electron chi connectivity index (χ3n) is 4.43. The molecule has 29 heavy (non-hydrogen) atoms. The van der Waals surface area contributed by atoms with Gasteiger partial charge in [0.1, 0.15) is 17.1 Å². The van der Waals surface area contributed by atoms with Crippen LogP contribution in [0.1, 0.15) is 10.4 Å². The number of nitrogens with one attached hydrogen (secondary N) is 1. The number of carbonyl (C=O) groups excluding carboxylic acids is 1. The Bertz CT molecular complexity index is 1200. The van der Waals surface area contributed by atoms with Crippen molar-refractivity contribution < 1.29 is 14.5 Å². The van der Waals surface area contributed by atoms with Crippen LogP contribution in [0.15, 0.2) is 91.0 Å². The molecule has 1 amide bonds. The van der Waals surface area contributed by atoms with Gasteiger partial charge in [0.05, 0.1) is 4.92 Å². The van der Waals surface area contributed by atoms with Gasteiger partial charge in [0.2, 0.25) is 0 Å². The molecule has 0 saturated heterocycles. The first kappa shape index (κ1) is 18.2. The Morgan fingerprint density at radius 2 is 1.52 bits per heavy atom. The average molecular weight is 384 g/mol. The van der Waals surface area contributed by atoms with Gasteiger partial charge in [-0.15, -0.1) is 0 Å². The van der Waals surface area contributed by atoms with Crippen LogP contribution >= 0.6 is 0 Å². The first-order valence-electron chi connectivity index (χ1n) is 8.92. The number of nitro benzene ring substituents is 1. The molecule has 0 atom stereocenters. The fourth-order valence-electron chi connectivity index (χ4n) is 3.04. The summed E-state index contributed by atoms with van der Waals surface area (Å²) < 4.78 is 5.98. The smallest absolute Gasteiger partial charge is 0.282 e. The van der Waals surface area contributed by atoms with Crippen molar-refractivity contribution in [3.05, 3.63) is 107 Å². The maximum Gasteiger partial charge on any atom is 0.282 e. The minimum absolute atomic E-state index is 0.00795. The lowest BCUT2D eigenvalue weighted by Crippen LogP contribution is -2.13. The van der Waals surface area contributed by atoms with Gasteiger partial charge in [-0.05, 0) is 41.8 Å². The summed E-state index contributed by atoms with van der Waals surface area (Å²) in [6.45, 7) is 0. The third-order valence-corrected chi connectivity index (χ3v) is 4.43. The minimum Gasteiger partial charge on any atom is -0.457 e. The van der Waals surface area contributed by atoms with Gasteiger partial charge in [0.25, 0.3) is 11.6 Å². The van der Waals surface area contributed by atoms with Crippen LogP contribution in [-0.2, 0) is 0 Å². The lowest BCUT2D eigenvalue weighted by Gasteiger charge is -2.10. The van der Waals surface area contributed by atoms with Gasteiger partial charge in [-0.3, -0.25) is 14.9 Å². The van der Waals surface area contributed by atoms with Crippen molar-refractivity contribution in [3.63, 3.8) is 0 Å². The van der Waals surface area contributed by atoms with Gasteiger partial charge in [0.15, 0.2) is 0 Å². The summed E-state index contributed by atoms with van der Waals surface area (Å²) in [5, 5.41) is 15.9. The van der Waals surface area contributed by atoms with E-state index < -0.39 is 10.8 Å². The lowest BCUT2D eigenvalue weighted by molar-refractivity contribution is -0.385. The lowest BCUT2D eigenvalue weighted by atomic mass is 10.1. The molecule has 0 aliphatic carbocycles. The molecule has 4 rings (SSSR count). The van der Waals surface area contributed by atoms with Crippen molar-refractivity contribution >= 4 is 28.1 Å². The predicted molar refractivity (Wildman–Crippen MR) is 112 cm³/mol. The number of fused-ring (bicyclic) bond motifs is 1. The highest BCUT2D eigenvalue weighted by Gasteiger charge is 2.19. The number of rotatable bonds is 5. The molecule has 0 aliphatic rings. The summed E-state index contributed by atoms with van der Waals surface area (Å²) in [4.78, 5) is 22.9. The van der Waals surface area contributed by atoms with E-state index in [2.05, 4.69) is 5.32 Å². The number of nitro groups is 1. The van der Waals surface area contributed by atoms with Gasteiger partial charge >= 0.3 is 0 Å². The predicted octanol–water partition coefficient (Wildman–Crippen LogP) is 5.79. The zero-order chi connectivity index (χ0) is 20.2.